The lowest BCUT2D eigenvalue weighted by molar-refractivity contribution is 0.506. The molecule has 0 bridgehead atoms. The van der Waals surface area contributed by atoms with Gasteiger partial charge in [-0.2, -0.15) is 0 Å². The van der Waals surface area contributed by atoms with Crippen molar-refractivity contribution in [3.63, 3.8) is 0 Å². The molecule has 1 aromatic heterocycles. The Labute approximate surface area is 55.9 Å². The first-order valence-corrected chi connectivity index (χ1v) is 2.71. The van der Waals surface area contributed by atoms with Crippen molar-refractivity contribution in [1.29, 1.82) is 0 Å². The Kier molecular flexibility index (Phi) is 0.993. The number of aliphatic imine (C=N–C) groups is 1. The van der Waals surface area contributed by atoms with Crippen LogP contribution < -0.4 is 10.9 Å². The molecule has 0 saturated carbocycles. The van der Waals surface area contributed by atoms with E-state index in [1.54, 1.807) is 6.20 Å². The van der Waals surface area contributed by atoms with Gasteiger partial charge in [-0.05, 0) is 0 Å². The molecule has 4 nitrogen and oxygen atoms in total. The van der Waals surface area contributed by atoms with E-state index in [1.165, 1.54) is 12.6 Å². The fourth-order valence-electron chi connectivity index (χ4n) is 0.653. The molecular weight excluding hydrogens is 130 g/mol. The first-order valence-electron chi connectivity index (χ1n) is 2.71. The Hall–Kier alpha value is -1.67. The van der Waals surface area contributed by atoms with Crippen molar-refractivity contribution in [2.75, 3.05) is 0 Å². The second-order valence-electron chi connectivity index (χ2n) is 1.69. The van der Waals surface area contributed by atoms with E-state index in [9.17, 15) is 0 Å². The molecule has 0 saturated heterocycles. The van der Waals surface area contributed by atoms with E-state index >= 15 is 0 Å². The molecule has 1 aromatic rings. The largest absolute Gasteiger partial charge is 0.425 e. The highest BCUT2D eigenvalue weighted by Crippen LogP contribution is 1.71. The van der Waals surface area contributed by atoms with E-state index in [-0.39, 0.29) is 0 Å². The van der Waals surface area contributed by atoms with Gasteiger partial charge in [0.05, 0.1) is 12.4 Å². The normalized spacial score (nSPS) is 13.2. The lowest BCUT2D eigenvalue weighted by atomic mass is 10.7. The minimum absolute atomic E-state index is 0.480. The van der Waals surface area contributed by atoms with E-state index in [4.69, 9.17) is 4.42 Å². The van der Waals surface area contributed by atoms with Gasteiger partial charge in [0.15, 0.2) is 6.39 Å². The lowest BCUT2D eigenvalue weighted by Crippen LogP contribution is -2.20. The zero-order valence-electron chi connectivity index (χ0n) is 4.98. The number of hydrogen-bond acceptors (Lipinski definition) is 4. The second-order valence-corrected chi connectivity index (χ2v) is 1.69. The fourth-order valence-corrected chi connectivity index (χ4v) is 0.653. The van der Waals surface area contributed by atoms with Crippen molar-refractivity contribution >= 4 is 12.1 Å². The van der Waals surface area contributed by atoms with Crippen LogP contribution in [0.1, 0.15) is 0 Å². The van der Waals surface area contributed by atoms with Crippen LogP contribution in [0.3, 0.4) is 0 Å². The maximum atomic E-state index is 4.90. The van der Waals surface area contributed by atoms with Crippen LogP contribution in [0.5, 0.6) is 0 Å². The SMILES string of the molecule is C1=CN=c2ocnc2=CN=1. The minimum atomic E-state index is 0.480. The van der Waals surface area contributed by atoms with E-state index in [2.05, 4.69) is 20.8 Å². The standard InChI is InChI=1S/C6H3N3O/c1-2-8-6-5(3-7-1)9-4-10-6/h2-4H. The molecule has 10 heavy (non-hydrogen) atoms. The van der Waals surface area contributed by atoms with Crippen molar-refractivity contribution in [3.05, 3.63) is 23.5 Å². The second kappa shape index (κ2) is 1.93. The molecule has 0 unspecified atom stereocenters. The first-order chi connectivity index (χ1) is 4.97. The summed E-state index contributed by atoms with van der Waals surface area (Å²) in [6.45, 7) is 0. The summed E-state index contributed by atoms with van der Waals surface area (Å²) in [4.78, 5) is 11.4. The van der Waals surface area contributed by atoms with Crippen LogP contribution >= 0.6 is 0 Å². The molecule has 0 spiro atoms. The van der Waals surface area contributed by atoms with Crippen LogP contribution in [0, 0.1) is 0 Å². The van der Waals surface area contributed by atoms with E-state index in [1.807, 2.05) is 0 Å². The van der Waals surface area contributed by atoms with Crippen LogP contribution in [0.25, 0.3) is 6.20 Å². The molecule has 0 amide bonds. The van der Waals surface area contributed by atoms with Crippen LogP contribution in [-0.2, 0) is 0 Å². The quantitative estimate of drug-likeness (QED) is 0.466. The third kappa shape index (κ3) is 0.674. The van der Waals surface area contributed by atoms with Crippen molar-refractivity contribution in [3.8, 4) is 0 Å². The molecule has 1 aliphatic heterocycles. The van der Waals surface area contributed by atoms with Crippen LogP contribution in [-0.4, -0.2) is 10.9 Å². The molecule has 2 rings (SSSR count). The molecule has 0 atom stereocenters. The lowest BCUT2D eigenvalue weighted by Gasteiger charge is -1.66. The Morgan fingerprint density at radius 1 is 1.50 bits per heavy atom. The number of fused-ring (bicyclic) bond motifs is 1. The summed E-state index contributed by atoms with van der Waals surface area (Å²) in [6.07, 6.45) is 4.32. The topological polar surface area (TPSA) is 50.8 Å². The Morgan fingerprint density at radius 2 is 2.50 bits per heavy atom. The third-order valence-electron chi connectivity index (χ3n) is 1.08. The van der Waals surface area contributed by atoms with Gasteiger partial charge in [0, 0.05) is 5.87 Å². The zero-order valence-corrected chi connectivity index (χ0v) is 4.98. The minimum Gasteiger partial charge on any atom is -0.425 e. The summed E-state index contributed by atoms with van der Waals surface area (Å²) in [7, 11) is 0. The summed E-state index contributed by atoms with van der Waals surface area (Å²) in [6, 6.07) is 0. The predicted octanol–water partition coefficient (Wildman–Crippen LogP) is -0.771. The maximum Gasteiger partial charge on any atom is 0.248 e. The van der Waals surface area contributed by atoms with Gasteiger partial charge in [-0.3, -0.25) is 0 Å². The van der Waals surface area contributed by atoms with Crippen LogP contribution in [0.2, 0.25) is 0 Å². The van der Waals surface area contributed by atoms with Crippen molar-refractivity contribution in [2.45, 2.75) is 0 Å². The number of aromatic nitrogens is 1. The molecule has 2 heterocycles. The number of rotatable bonds is 0. The zero-order chi connectivity index (χ0) is 6.81. The van der Waals surface area contributed by atoms with Gasteiger partial charge in [-0.1, -0.05) is 0 Å². The highest BCUT2D eigenvalue weighted by Gasteiger charge is 1.89. The molecule has 4 heteroatoms. The maximum absolute atomic E-state index is 4.90. The van der Waals surface area contributed by atoms with Crippen molar-refractivity contribution < 1.29 is 4.42 Å². The van der Waals surface area contributed by atoms with Crippen LogP contribution in [0.15, 0.2) is 27.0 Å². The Morgan fingerprint density at radius 3 is 3.50 bits per heavy atom. The van der Waals surface area contributed by atoms with E-state index in [0.29, 0.717) is 10.9 Å². The molecule has 0 N–H and O–H groups in total. The molecule has 0 aromatic carbocycles. The summed E-state index contributed by atoms with van der Waals surface area (Å²) in [5.74, 6) is 2.56. The summed E-state index contributed by atoms with van der Waals surface area (Å²) in [5.41, 5.74) is 0.480. The Balaban J connectivity index is 2.94. The van der Waals surface area contributed by atoms with Gasteiger partial charge in [-0.15, -0.1) is 0 Å². The molecule has 1 aliphatic rings. The number of hydrogen-bond donors (Lipinski definition) is 0. The number of oxazole rings is 1. The monoisotopic (exact) mass is 133 g/mol. The third-order valence-corrected chi connectivity index (χ3v) is 1.08. The molecule has 48 valence electrons. The fraction of sp³-hybridized carbons (Fsp3) is 0. The van der Waals surface area contributed by atoms with Gasteiger partial charge in [0.25, 0.3) is 0 Å². The Bertz CT molecular complexity index is 374. The molecule has 0 aliphatic carbocycles. The predicted molar refractivity (Wildman–Crippen MR) is 33.8 cm³/mol. The van der Waals surface area contributed by atoms with Gasteiger partial charge in [0.2, 0.25) is 5.55 Å². The first kappa shape index (κ1) is 5.14. The average molecular weight is 133 g/mol. The van der Waals surface area contributed by atoms with Gasteiger partial charge < -0.3 is 4.42 Å². The molecule has 0 radical (unpaired) electrons. The highest BCUT2D eigenvalue weighted by atomic mass is 16.3. The summed E-state index contributed by atoms with van der Waals surface area (Å²) in [5, 5.41) is 0.640. The molecular formula is C6H3N3O. The van der Waals surface area contributed by atoms with Gasteiger partial charge in [0.1, 0.15) is 5.35 Å². The van der Waals surface area contributed by atoms with Crippen LogP contribution in [0.4, 0.5) is 0 Å². The molecule has 0 fully saturated rings. The summed E-state index contributed by atoms with van der Waals surface area (Å²) < 4.78 is 4.90. The van der Waals surface area contributed by atoms with Crippen molar-refractivity contribution in [2.24, 2.45) is 9.98 Å². The number of nitrogens with zero attached hydrogens (tertiary/aromatic N) is 3. The average Bonchev–Trinajstić information content (AvgIpc) is 2.28. The van der Waals surface area contributed by atoms with Crippen molar-refractivity contribution in [1.82, 2.24) is 4.98 Å². The van der Waals surface area contributed by atoms with E-state index < -0.39 is 0 Å². The smallest absolute Gasteiger partial charge is 0.248 e. The van der Waals surface area contributed by atoms with E-state index in [0.717, 1.165) is 0 Å². The van der Waals surface area contributed by atoms with Gasteiger partial charge >= 0.3 is 0 Å². The highest BCUT2D eigenvalue weighted by molar-refractivity contribution is 5.55. The van der Waals surface area contributed by atoms with Gasteiger partial charge in [-0.25, -0.2) is 15.0 Å². The summed E-state index contributed by atoms with van der Waals surface area (Å²) >= 11 is 0.